The lowest BCUT2D eigenvalue weighted by molar-refractivity contribution is 0.489. The zero-order valence-electron chi connectivity index (χ0n) is 10.8. The van der Waals surface area contributed by atoms with E-state index in [1.807, 2.05) is 11.0 Å². The highest BCUT2D eigenvalue weighted by Crippen LogP contribution is 2.30. The Hall–Kier alpha value is -1.51. The van der Waals surface area contributed by atoms with Crippen LogP contribution in [0.1, 0.15) is 5.56 Å². The molecule has 0 radical (unpaired) electrons. The summed E-state index contributed by atoms with van der Waals surface area (Å²) in [5.41, 5.74) is 0.956. The van der Waals surface area contributed by atoms with E-state index in [0.29, 0.717) is 25.0 Å². The number of aromatic nitrogens is 1. The van der Waals surface area contributed by atoms with Crippen LogP contribution in [-0.4, -0.2) is 18.1 Å². The number of nitrogens with one attached hydrogen (secondary N) is 1. The average molecular weight is 405 g/mol. The normalized spacial score (nSPS) is 13.8. The van der Waals surface area contributed by atoms with E-state index in [1.165, 1.54) is 0 Å². The first-order valence-corrected chi connectivity index (χ1v) is 7.40. The molecular formula is C14H11F3IN3. The van der Waals surface area contributed by atoms with E-state index in [0.717, 1.165) is 15.3 Å². The van der Waals surface area contributed by atoms with Crippen molar-refractivity contribution in [2.75, 3.05) is 23.3 Å². The van der Waals surface area contributed by atoms with Crippen molar-refractivity contribution in [1.29, 1.82) is 0 Å². The Bertz CT molecular complexity index is 693. The molecule has 1 aliphatic rings. The summed E-state index contributed by atoms with van der Waals surface area (Å²) in [5.74, 6) is -2.24. The van der Waals surface area contributed by atoms with Gasteiger partial charge in [0.05, 0.1) is 5.69 Å². The maximum absolute atomic E-state index is 13.8. The van der Waals surface area contributed by atoms with Crippen LogP contribution in [0.15, 0.2) is 24.4 Å². The number of hydrogen-bond donors (Lipinski definition) is 1. The molecule has 3 rings (SSSR count). The summed E-state index contributed by atoms with van der Waals surface area (Å²) in [6.45, 7) is 1.46. The zero-order valence-corrected chi connectivity index (χ0v) is 13.0. The molecule has 0 unspecified atom stereocenters. The first-order valence-electron chi connectivity index (χ1n) is 6.32. The standard InChI is InChI=1S/C14H11F3IN3/c15-10-5-12(17)11(16)3-8(10)7-21-2-1-19-14-13(21)4-9(18)6-20-14/h3-6H,1-2,7H2,(H,19,20). The number of fused-ring (bicyclic) bond motifs is 1. The fourth-order valence-corrected chi connectivity index (χ4v) is 2.72. The molecular weight excluding hydrogens is 394 g/mol. The summed E-state index contributed by atoms with van der Waals surface area (Å²) in [6.07, 6.45) is 1.73. The third-order valence-electron chi connectivity index (χ3n) is 3.30. The summed E-state index contributed by atoms with van der Waals surface area (Å²) in [6, 6.07) is 3.42. The minimum absolute atomic E-state index is 0.126. The van der Waals surface area contributed by atoms with Gasteiger partial charge in [-0.15, -0.1) is 0 Å². The molecule has 3 nitrogen and oxygen atoms in total. The average Bonchev–Trinajstić information content (AvgIpc) is 2.45. The van der Waals surface area contributed by atoms with Crippen molar-refractivity contribution in [1.82, 2.24) is 4.98 Å². The van der Waals surface area contributed by atoms with Gasteiger partial charge in [-0.2, -0.15) is 0 Å². The van der Waals surface area contributed by atoms with Crippen LogP contribution in [0.5, 0.6) is 0 Å². The number of nitrogens with zero attached hydrogens (tertiary/aromatic N) is 2. The molecule has 0 saturated heterocycles. The molecule has 0 bridgehead atoms. The molecule has 0 saturated carbocycles. The van der Waals surface area contributed by atoms with E-state index in [-0.39, 0.29) is 12.1 Å². The van der Waals surface area contributed by atoms with Gasteiger partial charge in [-0.05, 0) is 34.7 Å². The molecule has 1 N–H and O–H groups in total. The van der Waals surface area contributed by atoms with Crippen molar-refractivity contribution in [3.63, 3.8) is 0 Å². The third-order valence-corrected chi connectivity index (χ3v) is 3.89. The first kappa shape index (κ1) is 14.4. The zero-order chi connectivity index (χ0) is 15.0. The van der Waals surface area contributed by atoms with Gasteiger partial charge in [0.15, 0.2) is 11.6 Å². The molecule has 1 aliphatic heterocycles. The lowest BCUT2D eigenvalue weighted by Crippen LogP contribution is -2.34. The number of pyridine rings is 1. The number of benzene rings is 1. The molecule has 2 heterocycles. The van der Waals surface area contributed by atoms with Gasteiger partial charge in [-0.25, -0.2) is 18.2 Å². The smallest absolute Gasteiger partial charge is 0.161 e. The molecule has 1 aromatic carbocycles. The largest absolute Gasteiger partial charge is 0.367 e. The van der Waals surface area contributed by atoms with Crippen molar-refractivity contribution >= 4 is 34.1 Å². The number of hydrogen-bond acceptors (Lipinski definition) is 3. The maximum atomic E-state index is 13.8. The van der Waals surface area contributed by atoms with Gasteiger partial charge < -0.3 is 10.2 Å². The van der Waals surface area contributed by atoms with Crippen molar-refractivity contribution < 1.29 is 13.2 Å². The van der Waals surface area contributed by atoms with Crippen molar-refractivity contribution in [2.24, 2.45) is 0 Å². The molecule has 0 spiro atoms. The molecule has 2 aromatic rings. The van der Waals surface area contributed by atoms with E-state index in [1.54, 1.807) is 6.20 Å². The molecule has 0 atom stereocenters. The maximum Gasteiger partial charge on any atom is 0.161 e. The number of halogens is 4. The molecule has 110 valence electrons. The monoisotopic (exact) mass is 405 g/mol. The molecule has 21 heavy (non-hydrogen) atoms. The third kappa shape index (κ3) is 2.92. The van der Waals surface area contributed by atoms with Crippen LogP contribution in [-0.2, 0) is 6.54 Å². The van der Waals surface area contributed by atoms with Gasteiger partial charge in [0.25, 0.3) is 0 Å². The quantitative estimate of drug-likeness (QED) is 0.612. The fraction of sp³-hybridized carbons (Fsp3) is 0.214. The van der Waals surface area contributed by atoms with E-state index in [9.17, 15) is 13.2 Å². The summed E-state index contributed by atoms with van der Waals surface area (Å²) in [5, 5.41) is 3.16. The molecule has 0 amide bonds. The molecule has 1 aromatic heterocycles. The van der Waals surface area contributed by atoms with E-state index >= 15 is 0 Å². The fourth-order valence-electron chi connectivity index (χ4n) is 2.29. The Kier molecular flexibility index (Phi) is 3.92. The predicted octanol–water partition coefficient (Wildman–Crippen LogP) is 3.54. The highest BCUT2D eigenvalue weighted by molar-refractivity contribution is 14.1. The Morgan fingerprint density at radius 3 is 2.71 bits per heavy atom. The van der Waals surface area contributed by atoms with Gasteiger partial charge in [-0.1, -0.05) is 0 Å². The second-order valence-electron chi connectivity index (χ2n) is 4.73. The van der Waals surface area contributed by atoms with Crippen LogP contribution in [0.2, 0.25) is 0 Å². The van der Waals surface area contributed by atoms with Crippen molar-refractivity contribution in [2.45, 2.75) is 6.54 Å². The Balaban J connectivity index is 1.93. The topological polar surface area (TPSA) is 28.2 Å². The van der Waals surface area contributed by atoms with E-state index < -0.39 is 17.5 Å². The number of rotatable bonds is 2. The second-order valence-corrected chi connectivity index (χ2v) is 5.97. The lowest BCUT2D eigenvalue weighted by atomic mass is 10.1. The summed E-state index contributed by atoms with van der Waals surface area (Å²) >= 11 is 2.14. The summed E-state index contributed by atoms with van der Waals surface area (Å²) in [4.78, 5) is 6.18. The molecule has 0 fully saturated rings. The highest BCUT2D eigenvalue weighted by Gasteiger charge is 2.20. The van der Waals surface area contributed by atoms with Gasteiger partial charge in [-0.3, -0.25) is 0 Å². The minimum Gasteiger partial charge on any atom is -0.367 e. The van der Waals surface area contributed by atoms with E-state index in [2.05, 4.69) is 32.9 Å². The van der Waals surface area contributed by atoms with Crippen LogP contribution >= 0.6 is 22.6 Å². The van der Waals surface area contributed by atoms with Gasteiger partial charge in [0.2, 0.25) is 0 Å². The van der Waals surface area contributed by atoms with Crippen LogP contribution in [0.3, 0.4) is 0 Å². The van der Waals surface area contributed by atoms with Crippen molar-refractivity contribution in [3.05, 3.63) is 51.0 Å². The highest BCUT2D eigenvalue weighted by atomic mass is 127. The van der Waals surface area contributed by atoms with Crippen molar-refractivity contribution in [3.8, 4) is 0 Å². The minimum atomic E-state index is -1.17. The van der Waals surface area contributed by atoms with Crippen LogP contribution in [0.4, 0.5) is 24.7 Å². The Labute approximate surface area is 133 Å². The van der Waals surface area contributed by atoms with Crippen LogP contribution < -0.4 is 10.2 Å². The Morgan fingerprint density at radius 1 is 1.14 bits per heavy atom. The SMILES string of the molecule is Fc1cc(F)c(CN2CCNc3ncc(I)cc32)cc1F. The first-order chi connectivity index (χ1) is 10.0. The molecule has 7 heteroatoms. The van der Waals surface area contributed by atoms with Crippen LogP contribution in [0, 0.1) is 21.0 Å². The summed E-state index contributed by atoms with van der Waals surface area (Å²) < 4.78 is 41.0. The number of anilines is 2. The lowest BCUT2D eigenvalue weighted by Gasteiger charge is -2.31. The van der Waals surface area contributed by atoms with Gasteiger partial charge >= 0.3 is 0 Å². The molecule has 0 aliphatic carbocycles. The van der Waals surface area contributed by atoms with Crippen LogP contribution in [0.25, 0.3) is 0 Å². The Morgan fingerprint density at radius 2 is 1.90 bits per heavy atom. The second kappa shape index (κ2) is 5.70. The van der Waals surface area contributed by atoms with Gasteiger partial charge in [0.1, 0.15) is 11.6 Å². The van der Waals surface area contributed by atoms with Gasteiger partial charge in [0, 0.05) is 41.0 Å². The predicted molar refractivity (Wildman–Crippen MR) is 82.8 cm³/mol. The van der Waals surface area contributed by atoms with E-state index in [4.69, 9.17) is 0 Å². The summed E-state index contributed by atoms with van der Waals surface area (Å²) in [7, 11) is 0.